The second kappa shape index (κ2) is 4.72. The van der Waals surface area contributed by atoms with E-state index in [4.69, 9.17) is 4.74 Å². The van der Waals surface area contributed by atoms with Gasteiger partial charge in [0.25, 0.3) is 5.91 Å². The van der Waals surface area contributed by atoms with E-state index < -0.39 is 0 Å². The molecule has 1 amide bonds. The van der Waals surface area contributed by atoms with Gasteiger partial charge < -0.3 is 9.64 Å². The summed E-state index contributed by atoms with van der Waals surface area (Å²) in [6, 6.07) is 0. The van der Waals surface area contributed by atoms with Crippen LogP contribution in [0.5, 0.6) is 0 Å². The molecule has 1 aliphatic heterocycles. The zero-order valence-electron chi connectivity index (χ0n) is 8.68. The van der Waals surface area contributed by atoms with E-state index >= 15 is 0 Å². The van der Waals surface area contributed by atoms with Crippen molar-refractivity contribution in [3.63, 3.8) is 0 Å². The third kappa shape index (κ3) is 2.54. The van der Waals surface area contributed by atoms with Gasteiger partial charge >= 0.3 is 0 Å². The topological polar surface area (TPSA) is 42.4 Å². The molecule has 0 aliphatic carbocycles. The van der Waals surface area contributed by atoms with E-state index in [-0.39, 0.29) is 12.0 Å². The van der Waals surface area contributed by atoms with Gasteiger partial charge in [0.05, 0.1) is 11.6 Å². The number of amides is 1. The van der Waals surface area contributed by atoms with Crippen LogP contribution in [0.15, 0.2) is 10.9 Å². The molecule has 2 rings (SSSR count). The van der Waals surface area contributed by atoms with Crippen LogP contribution >= 0.6 is 11.3 Å². The molecular weight excluding hydrogens is 212 g/mol. The van der Waals surface area contributed by atoms with Crippen molar-refractivity contribution < 1.29 is 9.53 Å². The number of hydrogen-bond donors (Lipinski definition) is 0. The van der Waals surface area contributed by atoms with Crippen LogP contribution in [0.1, 0.15) is 23.8 Å². The summed E-state index contributed by atoms with van der Waals surface area (Å²) in [7, 11) is 0. The van der Waals surface area contributed by atoms with Gasteiger partial charge in [-0.05, 0) is 13.3 Å². The van der Waals surface area contributed by atoms with Crippen molar-refractivity contribution in [2.24, 2.45) is 0 Å². The van der Waals surface area contributed by atoms with Crippen LogP contribution in [0.4, 0.5) is 0 Å². The van der Waals surface area contributed by atoms with Gasteiger partial charge in [0.2, 0.25) is 0 Å². The Bertz CT molecular complexity index is 326. The van der Waals surface area contributed by atoms with Gasteiger partial charge in [-0.1, -0.05) is 0 Å². The Kier molecular flexibility index (Phi) is 3.33. The Morgan fingerprint density at radius 3 is 3.33 bits per heavy atom. The van der Waals surface area contributed by atoms with Crippen molar-refractivity contribution in [2.45, 2.75) is 19.4 Å². The first-order valence-corrected chi connectivity index (χ1v) is 6.00. The van der Waals surface area contributed by atoms with Gasteiger partial charge in [0.1, 0.15) is 5.69 Å². The van der Waals surface area contributed by atoms with Gasteiger partial charge in [0, 0.05) is 25.1 Å². The summed E-state index contributed by atoms with van der Waals surface area (Å²) in [6.07, 6.45) is 1.02. The monoisotopic (exact) mass is 226 g/mol. The van der Waals surface area contributed by atoms with Gasteiger partial charge in [-0.25, -0.2) is 4.98 Å². The lowest BCUT2D eigenvalue weighted by molar-refractivity contribution is 0.0560. The van der Waals surface area contributed by atoms with E-state index in [1.165, 1.54) is 11.3 Å². The molecule has 15 heavy (non-hydrogen) atoms. The number of hydrogen-bond acceptors (Lipinski definition) is 4. The number of thiazole rings is 1. The summed E-state index contributed by atoms with van der Waals surface area (Å²) in [6.45, 7) is 4.16. The summed E-state index contributed by atoms with van der Waals surface area (Å²) in [5.74, 6) is 0.0219. The van der Waals surface area contributed by atoms with Crippen LogP contribution in [0.2, 0.25) is 0 Å². The molecule has 1 aromatic heterocycles. The Morgan fingerprint density at radius 1 is 1.73 bits per heavy atom. The number of nitrogens with zero attached hydrogens (tertiary/aromatic N) is 2. The number of carbonyl (C=O) groups is 1. The molecule has 1 fully saturated rings. The normalized spacial score (nSPS) is 22.5. The van der Waals surface area contributed by atoms with Crippen molar-refractivity contribution >= 4 is 17.2 Å². The van der Waals surface area contributed by atoms with E-state index in [1.807, 2.05) is 11.8 Å². The molecule has 1 aliphatic rings. The summed E-state index contributed by atoms with van der Waals surface area (Å²) >= 11 is 1.45. The standard InChI is InChI=1S/C10H14N2O2S/c1-8-5-12(3-2-4-14-8)10(13)9-6-15-7-11-9/h6-8H,2-5H2,1H3. The average molecular weight is 226 g/mol. The molecule has 1 aromatic rings. The zero-order chi connectivity index (χ0) is 10.7. The molecule has 0 radical (unpaired) electrons. The van der Waals surface area contributed by atoms with E-state index in [1.54, 1.807) is 10.9 Å². The molecular formula is C10H14N2O2S. The maximum atomic E-state index is 12.0. The fraction of sp³-hybridized carbons (Fsp3) is 0.600. The highest BCUT2D eigenvalue weighted by Crippen LogP contribution is 2.10. The Labute approximate surface area is 92.9 Å². The first kappa shape index (κ1) is 10.6. The Hall–Kier alpha value is -0.940. The molecule has 5 heteroatoms. The minimum absolute atomic E-state index is 0.0219. The molecule has 0 spiro atoms. The fourth-order valence-corrected chi connectivity index (χ4v) is 2.18. The van der Waals surface area contributed by atoms with Crippen molar-refractivity contribution in [1.29, 1.82) is 0 Å². The third-order valence-corrected chi connectivity index (χ3v) is 2.98. The second-order valence-corrected chi connectivity index (χ2v) is 4.38. The number of carbonyl (C=O) groups excluding carboxylic acids is 1. The van der Waals surface area contributed by atoms with Crippen LogP contribution < -0.4 is 0 Å². The lowest BCUT2D eigenvalue weighted by Gasteiger charge is -2.20. The molecule has 0 N–H and O–H groups in total. The predicted octanol–water partition coefficient (Wildman–Crippen LogP) is 1.39. The maximum absolute atomic E-state index is 12.0. The first-order chi connectivity index (χ1) is 7.27. The van der Waals surface area contributed by atoms with Crippen LogP contribution in [-0.2, 0) is 4.74 Å². The SMILES string of the molecule is CC1CN(C(=O)c2cscn2)CCCO1. The van der Waals surface area contributed by atoms with E-state index in [0.29, 0.717) is 12.2 Å². The van der Waals surface area contributed by atoms with Crippen LogP contribution in [0.25, 0.3) is 0 Å². The second-order valence-electron chi connectivity index (χ2n) is 3.66. The summed E-state index contributed by atoms with van der Waals surface area (Å²) in [4.78, 5) is 17.8. The van der Waals surface area contributed by atoms with Crippen molar-refractivity contribution in [3.8, 4) is 0 Å². The third-order valence-electron chi connectivity index (χ3n) is 2.39. The highest BCUT2D eigenvalue weighted by Gasteiger charge is 2.21. The Balaban J connectivity index is 2.06. The molecule has 0 aromatic carbocycles. The summed E-state index contributed by atoms with van der Waals surface area (Å²) < 4.78 is 5.49. The lowest BCUT2D eigenvalue weighted by Crippen LogP contribution is -2.36. The van der Waals surface area contributed by atoms with Crippen molar-refractivity contribution in [2.75, 3.05) is 19.7 Å². The molecule has 4 nitrogen and oxygen atoms in total. The van der Waals surface area contributed by atoms with Gasteiger partial charge in [0.15, 0.2) is 0 Å². The van der Waals surface area contributed by atoms with Crippen molar-refractivity contribution in [1.82, 2.24) is 9.88 Å². The molecule has 1 saturated heterocycles. The first-order valence-electron chi connectivity index (χ1n) is 5.06. The minimum atomic E-state index is 0.0219. The predicted molar refractivity (Wildman–Crippen MR) is 58.0 cm³/mol. The average Bonchev–Trinajstić information content (AvgIpc) is 2.67. The zero-order valence-corrected chi connectivity index (χ0v) is 9.50. The smallest absolute Gasteiger partial charge is 0.273 e. The molecule has 82 valence electrons. The minimum Gasteiger partial charge on any atom is -0.377 e. The van der Waals surface area contributed by atoms with Crippen LogP contribution in [0.3, 0.4) is 0 Å². The summed E-state index contributed by atoms with van der Waals surface area (Å²) in [5, 5.41) is 1.79. The van der Waals surface area contributed by atoms with Gasteiger partial charge in [-0.3, -0.25) is 4.79 Å². The fourth-order valence-electron chi connectivity index (χ4n) is 1.66. The summed E-state index contributed by atoms with van der Waals surface area (Å²) in [5.41, 5.74) is 2.24. The molecule has 0 saturated carbocycles. The lowest BCUT2D eigenvalue weighted by atomic mass is 10.3. The molecule has 1 atom stereocenters. The number of ether oxygens (including phenoxy) is 1. The van der Waals surface area contributed by atoms with Gasteiger partial charge in [-0.2, -0.15) is 0 Å². The van der Waals surface area contributed by atoms with Crippen LogP contribution in [0, 0.1) is 0 Å². The van der Waals surface area contributed by atoms with E-state index in [0.717, 1.165) is 19.6 Å². The number of aromatic nitrogens is 1. The largest absolute Gasteiger partial charge is 0.377 e. The highest BCUT2D eigenvalue weighted by atomic mass is 32.1. The quantitative estimate of drug-likeness (QED) is 0.727. The Morgan fingerprint density at radius 2 is 2.60 bits per heavy atom. The van der Waals surface area contributed by atoms with Crippen LogP contribution in [-0.4, -0.2) is 41.6 Å². The number of rotatable bonds is 1. The molecule has 2 heterocycles. The highest BCUT2D eigenvalue weighted by molar-refractivity contribution is 7.07. The van der Waals surface area contributed by atoms with Crippen molar-refractivity contribution in [3.05, 3.63) is 16.6 Å². The molecule has 1 unspecified atom stereocenters. The molecule has 0 bridgehead atoms. The maximum Gasteiger partial charge on any atom is 0.273 e. The van der Waals surface area contributed by atoms with E-state index in [9.17, 15) is 4.79 Å². The van der Waals surface area contributed by atoms with Gasteiger partial charge in [-0.15, -0.1) is 11.3 Å². The van der Waals surface area contributed by atoms with E-state index in [2.05, 4.69) is 4.98 Å².